The summed E-state index contributed by atoms with van der Waals surface area (Å²) in [6.07, 6.45) is 0. The molecule has 0 saturated carbocycles. The molecule has 0 saturated heterocycles. The Labute approximate surface area is 147 Å². The topological polar surface area (TPSA) is 29.5 Å². The van der Waals surface area contributed by atoms with Crippen LogP contribution in [-0.2, 0) is 0 Å². The summed E-state index contributed by atoms with van der Waals surface area (Å²) in [5.41, 5.74) is 1.12. The number of methoxy groups -OCH3 is 1. The van der Waals surface area contributed by atoms with Crippen LogP contribution in [0.5, 0.6) is 5.75 Å². The first kappa shape index (κ1) is 15.8. The van der Waals surface area contributed by atoms with E-state index < -0.39 is 0 Å². The highest BCUT2D eigenvalue weighted by Crippen LogP contribution is 2.43. The maximum atomic E-state index is 12.8. The zero-order valence-electron chi connectivity index (χ0n) is 11.4. The Morgan fingerprint density at radius 1 is 1.23 bits per heavy atom. The smallest absolute Gasteiger partial charge is 0.260 e. The predicted molar refractivity (Wildman–Crippen MR) is 92.0 cm³/mol. The molecule has 2 aromatic carbocycles. The summed E-state index contributed by atoms with van der Waals surface area (Å²) in [5.74, 6) is 0.547. The number of carbonyl (C=O) groups excluding carboxylic acids is 1. The highest BCUT2D eigenvalue weighted by molar-refractivity contribution is 8.00. The summed E-state index contributed by atoms with van der Waals surface area (Å²) in [7, 11) is 1.44. The average molecular weight is 375 g/mol. The first-order valence-corrected chi connectivity index (χ1v) is 8.41. The molecule has 1 aliphatic rings. The minimum atomic E-state index is -0.242. The third-order valence-corrected chi connectivity index (χ3v) is 5.48. The Morgan fingerprint density at radius 2 is 1.95 bits per heavy atom. The molecule has 0 atom stereocenters. The van der Waals surface area contributed by atoms with Gasteiger partial charge >= 0.3 is 0 Å². The molecule has 0 aromatic heterocycles. The van der Waals surface area contributed by atoms with E-state index in [2.05, 4.69) is 0 Å². The molecular weight excluding hydrogens is 365 g/mol. The zero-order valence-corrected chi connectivity index (χ0v) is 14.5. The number of ether oxygens (including phenoxy) is 1. The van der Waals surface area contributed by atoms with Crippen LogP contribution in [0.2, 0.25) is 15.1 Å². The molecule has 1 heterocycles. The van der Waals surface area contributed by atoms with Crippen LogP contribution >= 0.6 is 46.6 Å². The van der Waals surface area contributed by atoms with E-state index in [0.717, 1.165) is 10.6 Å². The van der Waals surface area contributed by atoms with Crippen molar-refractivity contribution in [2.75, 3.05) is 17.9 Å². The number of fused-ring (bicyclic) bond motifs is 1. The van der Waals surface area contributed by atoms with Gasteiger partial charge in [0.15, 0.2) is 5.75 Å². The molecule has 7 heteroatoms. The lowest BCUT2D eigenvalue weighted by Crippen LogP contribution is -2.28. The summed E-state index contributed by atoms with van der Waals surface area (Å²) < 4.78 is 5.10. The molecule has 0 spiro atoms. The second-order valence-electron chi connectivity index (χ2n) is 4.54. The monoisotopic (exact) mass is 373 g/mol. The maximum absolute atomic E-state index is 12.8. The number of benzene rings is 2. The van der Waals surface area contributed by atoms with E-state index in [9.17, 15) is 4.79 Å². The number of amides is 1. The van der Waals surface area contributed by atoms with Crippen molar-refractivity contribution >= 4 is 58.2 Å². The number of carbonyl (C=O) groups is 1. The van der Waals surface area contributed by atoms with Gasteiger partial charge in [0.25, 0.3) is 5.91 Å². The lowest BCUT2D eigenvalue weighted by molar-refractivity contribution is 0.0992. The number of hydrogen-bond donors (Lipinski definition) is 0. The molecule has 0 radical (unpaired) electrons. The molecule has 0 unspecified atom stereocenters. The molecule has 0 N–H and O–H groups in total. The van der Waals surface area contributed by atoms with Crippen molar-refractivity contribution in [3.8, 4) is 5.75 Å². The fraction of sp³-hybridized carbons (Fsp3) is 0.133. The number of anilines is 1. The summed E-state index contributed by atoms with van der Waals surface area (Å²) in [6, 6.07) is 9.19. The van der Waals surface area contributed by atoms with Gasteiger partial charge in [0.1, 0.15) is 5.02 Å². The van der Waals surface area contributed by atoms with Gasteiger partial charge in [-0.05, 0) is 18.2 Å². The summed E-state index contributed by atoms with van der Waals surface area (Å²) in [5, 5.41) is 0.530. The molecule has 22 heavy (non-hydrogen) atoms. The Balaban J connectivity index is 2.04. The second-order valence-corrected chi connectivity index (χ2v) is 6.69. The third-order valence-electron chi connectivity index (χ3n) is 3.30. The average Bonchev–Trinajstić information content (AvgIpc) is 2.95. The van der Waals surface area contributed by atoms with E-state index in [1.807, 2.05) is 24.3 Å². The highest BCUT2D eigenvalue weighted by Gasteiger charge is 2.29. The molecule has 3 rings (SSSR count). The van der Waals surface area contributed by atoms with Crippen LogP contribution in [0.4, 0.5) is 5.69 Å². The van der Waals surface area contributed by atoms with Crippen molar-refractivity contribution in [2.24, 2.45) is 0 Å². The number of nitrogens with zero attached hydrogens (tertiary/aromatic N) is 1. The van der Waals surface area contributed by atoms with Crippen LogP contribution in [0, 0.1) is 0 Å². The van der Waals surface area contributed by atoms with Crippen molar-refractivity contribution in [3.05, 3.63) is 51.0 Å². The van der Waals surface area contributed by atoms with E-state index in [1.165, 1.54) is 13.2 Å². The standard InChI is InChI=1S/C15H10Cl3NO2S/c1-21-14-9(16)6-8(12(17)13(14)18)15(20)19-7-22-11-5-3-2-4-10(11)19/h2-6H,7H2,1H3. The molecule has 0 fully saturated rings. The van der Waals surface area contributed by atoms with Crippen LogP contribution in [0.3, 0.4) is 0 Å². The van der Waals surface area contributed by atoms with Crippen LogP contribution < -0.4 is 9.64 Å². The fourth-order valence-corrected chi connectivity index (χ4v) is 4.10. The first-order valence-electron chi connectivity index (χ1n) is 6.29. The van der Waals surface area contributed by atoms with E-state index in [1.54, 1.807) is 16.7 Å². The Kier molecular flexibility index (Phi) is 4.46. The number of rotatable bonds is 2. The largest absolute Gasteiger partial charge is 0.494 e. The van der Waals surface area contributed by atoms with Gasteiger partial charge in [-0.1, -0.05) is 46.9 Å². The van der Waals surface area contributed by atoms with Gasteiger partial charge in [0, 0.05) is 4.90 Å². The number of hydrogen-bond acceptors (Lipinski definition) is 3. The van der Waals surface area contributed by atoms with Crippen LogP contribution in [0.15, 0.2) is 35.2 Å². The molecule has 2 aromatic rings. The molecule has 0 aliphatic carbocycles. The Bertz CT molecular complexity index is 767. The molecule has 114 valence electrons. The minimum Gasteiger partial charge on any atom is -0.494 e. The van der Waals surface area contributed by atoms with Gasteiger partial charge in [-0.15, -0.1) is 11.8 Å². The molecular formula is C15H10Cl3NO2S. The van der Waals surface area contributed by atoms with E-state index >= 15 is 0 Å². The van der Waals surface area contributed by atoms with E-state index in [4.69, 9.17) is 39.5 Å². The summed E-state index contributed by atoms with van der Waals surface area (Å²) >= 11 is 20.1. The molecule has 0 bridgehead atoms. The van der Waals surface area contributed by atoms with Crippen molar-refractivity contribution in [1.29, 1.82) is 0 Å². The van der Waals surface area contributed by atoms with Gasteiger partial charge in [0.05, 0.1) is 34.3 Å². The van der Waals surface area contributed by atoms with Crippen molar-refractivity contribution in [2.45, 2.75) is 4.90 Å². The number of thioether (sulfide) groups is 1. The quantitative estimate of drug-likeness (QED) is 0.662. The SMILES string of the molecule is COc1c(Cl)cc(C(=O)N2CSc3ccccc32)c(Cl)c1Cl. The van der Waals surface area contributed by atoms with Gasteiger partial charge < -0.3 is 4.74 Å². The summed E-state index contributed by atoms with van der Waals surface area (Å²) in [4.78, 5) is 15.5. The highest BCUT2D eigenvalue weighted by atomic mass is 35.5. The zero-order chi connectivity index (χ0) is 15.9. The van der Waals surface area contributed by atoms with E-state index in [0.29, 0.717) is 5.88 Å². The molecule has 3 nitrogen and oxygen atoms in total. The fourth-order valence-electron chi connectivity index (χ4n) is 2.24. The molecule has 1 amide bonds. The van der Waals surface area contributed by atoms with E-state index in [-0.39, 0.29) is 32.3 Å². The first-order chi connectivity index (χ1) is 10.5. The summed E-state index contributed by atoms with van der Waals surface area (Å²) in [6.45, 7) is 0. The van der Waals surface area contributed by atoms with Gasteiger partial charge in [-0.2, -0.15) is 0 Å². The number of para-hydroxylation sites is 1. The minimum absolute atomic E-state index is 0.139. The Morgan fingerprint density at radius 3 is 2.68 bits per heavy atom. The van der Waals surface area contributed by atoms with Crippen LogP contribution in [-0.4, -0.2) is 18.9 Å². The van der Waals surface area contributed by atoms with Gasteiger partial charge in [-0.25, -0.2) is 0 Å². The van der Waals surface area contributed by atoms with Gasteiger partial charge in [0.2, 0.25) is 0 Å². The maximum Gasteiger partial charge on any atom is 0.260 e. The van der Waals surface area contributed by atoms with Crippen LogP contribution in [0.1, 0.15) is 10.4 Å². The normalized spacial score (nSPS) is 13.2. The Hall–Kier alpha value is -1.07. The van der Waals surface area contributed by atoms with Crippen molar-refractivity contribution in [3.63, 3.8) is 0 Å². The van der Waals surface area contributed by atoms with Gasteiger partial charge in [-0.3, -0.25) is 9.69 Å². The second kappa shape index (κ2) is 6.20. The van der Waals surface area contributed by atoms with Crippen LogP contribution in [0.25, 0.3) is 0 Å². The molecule has 1 aliphatic heterocycles. The van der Waals surface area contributed by atoms with Crippen molar-refractivity contribution in [1.82, 2.24) is 0 Å². The lowest BCUT2D eigenvalue weighted by atomic mass is 10.1. The number of halogens is 3. The predicted octanol–water partition coefficient (Wildman–Crippen LogP) is 5.37. The van der Waals surface area contributed by atoms with Crippen molar-refractivity contribution < 1.29 is 9.53 Å². The third kappa shape index (κ3) is 2.54. The lowest BCUT2D eigenvalue weighted by Gasteiger charge is -2.18.